The Labute approximate surface area is 177 Å². The van der Waals surface area contributed by atoms with Gasteiger partial charge in [0.1, 0.15) is 4.88 Å². The van der Waals surface area contributed by atoms with Crippen LogP contribution >= 0.6 is 11.3 Å². The van der Waals surface area contributed by atoms with Crippen LogP contribution in [0, 0.1) is 0 Å². The minimum Gasteiger partial charge on any atom is -0.477 e. The van der Waals surface area contributed by atoms with Gasteiger partial charge in [-0.15, -0.1) is 11.3 Å². The lowest BCUT2D eigenvalue weighted by atomic mass is 9.82. The van der Waals surface area contributed by atoms with Crippen molar-refractivity contribution in [1.29, 1.82) is 0 Å². The van der Waals surface area contributed by atoms with Crippen LogP contribution in [0.3, 0.4) is 0 Å². The molecular weight excluding hydrogens is 404 g/mol. The molecule has 1 aromatic heterocycles. The van der Waals surface area contributed by atoms with Crippen molar-refractivity contribution in [3.63, 3.8) is 0 Å². The van der Waals surface area contributed by atoms with Crippen LogP contribution in [0.25, 0.3) is 0 Å². The number of piperidine rings is 1. The maximum atomic E-state index is 12.9. The molecule has 0 aliphatic carbocycles. The van der Waals surface area contributed by atoms with Crippen molar-refractivity contribution in [1.82, 2.24) is 10.2 Å². The number of ether oxygens (including phenoxy) is 1. The van der Waals surface area contributed by atoms with Crippen molar-refractivity contribution >= 4 is 29.1 Å². The third-order valence-electron chi connectivity index (χ3n) is 6.41. The molecular formula is C22H22N2O5S. The Hall–Kier alpha value is -2.71. The zero-order chi connectivity index (χ0) is 20.9. The van der Waals surface area contributed by atoms with E-state index in [4.69, 9.17) is 4.74 Å². The fourth-order valence-electron chi connectivity index (χ4n) is 4.84. The summed E-state index contributed by atoms with van der Waals surface area (Å²) < 4.78 is 6.17. The molecule has 1 fully saturated rings. The number of nitrogens with one attached hydrogen (secondary N) is 1. The van der Waals surface area contributed by atoms with E-state index in [2.05, 4.69) is 5.32 Å². The summed E-state index contributed by atoms with van der Waals surface area (Å²) in [4.78, 5) is 39.7. The Balaban J connectivity index is 1.28. The largest absolute Gasteiger partial charge is 0.477 e. The second kappa shape index (κ2) is 7.21. The predicted octanol–water partition coefficient (Wildman–Crippen LogP) is 2.71. The van der Waals surface area contributed by atoms with E-state index >= 15 is 0 Å². The minimum absolute atomic E-state index is 0.0134. The van der Waals surface area contributed by atoms with Gasteiger partial charge < -0.3 is 20.1 Å². The predicted molar refractivity (Wildman–Crippen MR) is 110 cm³/mol. The van der Waals surface area contributed by atoms with Gasteiger partial charge in [-0.2, -0.15) is 0 Å². The van der Waals surface area contributed by atoms with E-state index < -0.39 is 11.6 Å². The zero-order valence-corrected chi connectivity index (χ0v) is 17.2. The standard InChI is InChI=1S/C22H22N2O5S/c25-19(12-16-13-3-1-2-4-14(13)20(26)23-16)24-8-6-22(7-9-24)15-11-18(21(27)28)30-17(15)5-10-29-22/h1-4,11,16H,5-10,12H2,(H,23,26)(H,27,28). The van der Waals surface area contributed by atoms with Gasteiger partial charge in [-0.25, -0.2) is 4.79 Å². The van der Waals surface area contributed by atoms with Crippen molar-refractivity contribution in [2.24, 2.45) is 0 Å². The van der Waals surface area contributed by atoms with Gasteiger partial charge in [0.05, 0.1) is 24.7 Å². The summed E-state index contributed by atoms with van der Waals surface area (Å²) in [6, 6.07) is 8.85. The van der Waals surface area contributed by atoms with Crippen molar-refractivity contribution < 1.29 is 24.2 Å². The summed E-state index contributed by atoms with van der Waals surface area (Å²) in [7, 11) is 0. The average molecular weight is 426 g/mol. The second-order valence-corrected chi connectivity index (χ2v) is 9.18. The Morgan fingerprint density at radius 3 is 2.80 bits per heavy atom. The van der Waals surface area contributed by atoms with E-state index in [0.29, 0.717) is 43.0 Å². The number of amides is 2. The Morgan fingerprint density at radius 1 is 1.27 bits per heavy atom. The molecule has 8 heteroatoms. The van der Waals surface area contributed by atoms with Gasteiger partial charge in [-0.3, -0.25) is 9.59 Å². The molecule has 2 aromatic rings. The molecule has 2 N–H and O–H groups in total. The summed E-state index contributed by atoms with van der Waals surface area (Å²) in [5, 5.41) is 12.3. The summed E-state index contributed by atoms with van der Waals surface area (Å²) in [6.07, 6.45) is 2.27. The Morgan fingerprint density at radius 2 is 2.03 bits per heavy atom. The molecule has 0 saturated carbocycles. The number of carbonyl (C=O) groups is 3. The monoisotopic (exact) mass is 426 g/mol. The van der Waals surface area contributed by atoms with Gasteiger partial charge in [0.25, 0.3) is 5.91 Å². The molecule has 1 aromatic carbocycles. The van der Waals surface area contributed by atoms with Crippen LogP contribution in [0.1, 0.15) is 61.3 Å². The van der Waals surface area contributed by atoms with Crippen LogP contribution < -0.4 is 5.32 Å². The highest BCUT2D eigenvalue weighted by Gasteiger charge is 2.43. The normalized spacial score (nSPS) is 21.8. The van der Waals surface area contributed by atoms with E-state index in [1.807, 2.05) is 23.1 Å². The molecule has 156 valence electrons. The molecule has 7 nitrogen and oxygen atoms in total. The first-order valence-corrected chi connectivity index (χ1v) is 11.0. The van der Waals surface area contributed by atoms with Crippen LogP contribution in [0.4, 0.5) is 0 Å². The summed E-state index contributed by atoms with van der Waals surface area (Å²) in [6.45, 7) is 1.68. The summed E-state index contributed by atoms with van der Waals surface area (Å²) >= 11 is 1.33. The molecule has 1 spiro atoms. The number of rotatable bonds is 3. The first-order valence-electron chi connectivity index (χ1n) is 10.1. The number of aromatic carboxylic acids is 1. The number of hydrogen-bond donors (Lipinski definition) is 2. The average Bonchev–Trinajstić information content (AvgIpc) is 3.32. The molecule has 3 aliphatic rings. The highest BCUT2D eigenvalue weighted by molar-refractivity contribution is 7.14. The topological polar surface area (TPSA) is 95.9 Å². The Bertz CT molecular complexity index is 1040. The van der Waals surface area contributed by atoms with E-state index in [1.165, 1.54) is 11.3 Å². The van der Waals surface area contributed by atoms with Crippen LogP contribution in [0.5, 0.6) is 0 Å². The molecule has 30 heavy (non-hydrogen) atoms. The van der Waals surface area contributed by atoms with Gasteiger partial charge in [0.2, 0.25) is 5.91 Å². The molecule has 0 bridgehead atoms. The lowest BCUT2D eigenvalue weighted by Gasteiger charge is -2.44. The molecule has 4 heterocycles. The minimum atomic E-state index is -0.906. The van der Waals surface area contributed by atoms with Crippen LogP contribution in [0.15, 0.2) is 30.3 Å². The molecule has 5 rings (SSSR count). The van der Waals surface area contributed by atoms with E-state index in [-0.39, 0.29) is 24.3 Å². The number of fused-ring (bicyclic) bond motifs is 3. The van der Waals surface area contributed by atoms with Gasteiger partial charge in [0.15, 0.2) is 0 Å². The highest BCUT2D eigenvalue weighted by atomic mass is 32.1. The fraction of sp³-hybridized carbons (Fsp3) is 0.409. The van der Waals surface area contributed by atoms with Gasteiger partial charge in [-0.05, 0) is 36.1 Å². The lowest BCUT2D eigenvalue weighted by Crippen LogP contribution is -2.48. The number of carboxylic acid groups (broad SMARTS) is 1. The number of thiophene rings is 1. The third-order valence-corrected chi connectivity index (χ3v) is 7.59. The number of carbonyl (C=O) groups excluding carboxylic acids is 2. The van der Waals surface area contributed by atoms with Crippen molar-refractivity contribution in [3.8, 4) is 0 Å². The molecule has 1 unspecified atom stereocenters. The summed E-state index contributed by atoms with van der Waals surface area (Å²) in [5.41, 5.74) is 2.01. The smallest absolute Gasteiger partial charge is 0.345 e. The quantitative estimate of drug-likeness (QED) is 0.787. The molecule has 2 amide bonds. The highest BCUT2D eigenvalue weighted by Crippen LogP contribution is 2.44. The Kier molecular flexibility index (Phi) is 4.63. The summed E-state index contributed by atoms with van der Waals surface area (Å²) in [5.74, 6) is -1.02. The number of hydrogen-bond acceptors (Lipinski definition) is 5. The molecule has 0 radical (unpaired) electrons. The number of carboxylic acids is 1. The number of nitrogens with zero attached hydrogens (tertiary/aromatic N) is 1. The lowest BCUT2D eigenvalue weighted by molar-refractivity contribution is -0.141. The van der Waals surface area contributed by atoms with E-state index in [1.54, 1.807) is 12.1 Å². The molecule has 1 atom stereocenters. The first-order chi connectivity index (χ1) is 14.5. The number of likely N-dealkylation sites (tertiary alicyclic amines) is 1. The van der Waals surface area contributed by atoms with E-state index in [9.17, 15) is 19.5 Å². The first kappa shape index (κ1) is 19.3. The fourth-order valence-corrected chi connectivity index (χ4v) is 5.91. The van der Waals surface area contributed by atoms with Crippen LogP contribution in [-0.2, 0) is 21.6 Å². The van der Waals surface area contributed by atoms with E-state index in [0.717, 1.165) is 22.4 Å². The van der Waals surface area contributed by atoms with Crippen LogP contribution in [-0.4, -0.2) is 47.5 Å². The molecule has 1 saturated heterocycles. The van der Waals surface area contributed by atoms with Crippen LogP contribution in [0.2, 0.25) is 0 Å². The van der Waals surface area contributed by atoms with Crippen molar-refractivity contribution in [3.05, 3.63) is 56.8 Å². The maximum absolute atomic E-state index is 12.9. The third kappa shape index (κ3) is 3.11. The number of benzene rings is 1. The second-order valence-electron chi connectivity index (χ2n) is 8.04. The molecule has 3 aliphatic heterocycles. The maximum Gasteiger partial charge on any atom is 0.345 e. The van der Waals surface area contributed by atoms with Crippen molar-refractivity contribution in [2.75, 3.05) is 19.7 Å². The SMILES string of the molecule is O=C(O)c1cc2c(s1)CCOC21CCN(C(=O)CC2NC(=O)c3ccccc32)CC1. The van der Waals surface area contributed by atoms with Gasteiger partial charge >= 0.3 is 5.97 Å². The van der Waals surface area contributed by atoms with Crippen molar-refractivity contribution in [2.45, 2.75) is 37.3 Å². The zero-order valence-electron chi connectivity index (χ0n) is 16.3. The van der Waals surface area contributed by atoms with Gasteiger partial charge in [0, 0.05) is 30.0 Å². The van der Waals surface area contributed by atoms with Gasteiger partial charge in [-0.1, -0.05) is 18.2 Å².